The van der Waals surface area contributed by atoms with E-state index in [9.17, 15) is 8.42 Å². The van der Waals surface area contributed by atoms with Crippen molar-refractivity contribution in [2.24, 2.45) is 0 Å². The summed E-state index contributed by atoms with van der Waals surface area (Å²) in [4.78, 5) is 1.93. The molecule has 0 aliphatic rings. The molecule has 3 rings (SSSR count). The lowest BCUT2D eigenvalue weighted by Gasteiger charge is -2.19. The lowest BCUT2D eigenvalue weighted by molar-refractivity contribution is 0.445. The number of hydrogen-bond donors (Lipinski definition) is 1. The highest BCUT2D eigenvalue weighted by Crippen LogP contribution is 2.19. The predicted molar refractivity (Wildman–Crippen MR) is 113 cm³/mol. The molecule has 1 N–H and O–H groups in total. The smallest absolute Gasteiger partial charge is 0.243 e. The van der Waals surface area contributed by atoms with Crippen LogP contribution in [0.25, 0.3) is 5.69 Å². The number of aromatic nitrogens is 3. The summed E-state index contributed by atoms with van der Waals surface area (Å²) in [5, 5.41) is 12.2. The Bertz CT molecular complexity index is 1010. The average molecular weight is 414 g/mol. The molecule has 1 aromatic heterocycles. The summed E-state index contributed by atoms with van der Waals surface area (Å²) >= 11 is 0. The highest BCUT2D eigenvalue weighted by Gasteiger charge is 2.21. The third-order valence-electron chi connectivity index (χ3n) is 4.84. The molecule has 0 saturated heterocycles. The summed E-state index contributed by atoms with van der Waals surface area (Å²) in [6, 6.07) is 16.9. The fourth-order valence-corrected chi connectivity index (χ4v) is 4.54. The van der Waals surface area contributed by atoms with E-state index in [0.717, 1.165) is 16.9 Å². The van der Waals surface area contributed by atoms with Gasteiger partial charge in [0.1, 0.15) is 0 Å². The topological polar surface area (TPSA) is 80.1 Å². The largest absolute Gasteiger partial charge is 0.304 e. The summed E-state index contributed by atoms with van der Waals surface area (Å²) in [7, 11) is -3.43. The van der Waals surface area contributed by atoms with Crippen LogP contribution in [-0.4, -0.2) is 40.8 Å². The van der Waals surface area contributed by atoms with E-state index in [1.807, 2.05) is 63.2 Å². The van der Waals surface area contributed by atoms with Gasteiger partial charge in [-0.15, -0.1) is 0 Å². The van der Waals surface area contributed by atoms with Crippen LogP contribution < -0.4 is 5.32 Å². The minimum absolute atomic E-state index is 0.0436. The molecule has 0 spiro atoms. The van der Waals surface area contributed by atoms with Gasteiger partial charge in [0.2, 0.25) is 10.0 Å². The number of nitrogens with zero attached hydrogens (tertiary/aromatic N) is 4. The number of sulfonamides is 1. The van der Waals surface area contributed by atoms with E-state index in [4.69, 9.17) is 0 Å². The molecule has 7 nitrogen and oxygen atoms in total. The van der Waals surface area contributed by atoms with Crippen LogP contribution in [0.4, 0.5) is 0 Å². The predicted octanol–water partition coefficient (Wildman–Crippen LogP) is 3.15. The second kappa shape index (κ2) is 9.30. The number of rotatable bonds is 9. The SMILES string of the molecule is CCN(CC)S(=O)(=O)c1ccc(C(C)NCc2cnn(-c3ccccc3)n2)cc1. The summed E-state index contributed by atoms with van der Waals surface area (Å²) in [5.41, 5.74) is 2.76. The monoisotopic (exact) mass is 413 g/mol. The molecule has 8 heteroatoms. The molecule has 0 bridgehead atoms. The molecule has 3 aromatic rings. The number of nitrogens with one attached hydrogen (secondary N) is 1. The Morgan fingerprint density at radius 1 is 1.03 bits per heavy atom. The molecule has 154 valence electrons. The summed E-state index contributed by atoms with van der Waals surface area (Å²) < 4.78 is 26.7. The van der Waals surface area contributed by atoms with Crippen LogP contribution in [-0.2, 0) is 16.6 Å². The van der Waals surface area contributed by atoms with Crippen LogP contribution in [0, 0.1) is 0 Å². The molecule has 0 fully saturated rings. The van der Waals surface area contributed by atoms with E-state index >= 15 is 0 Å². The summed E-state index contributed by atoms with van der Waals surface area (Å²) in [6.07, 6.45) is 1.74. The summed E-state index contributed by atoms with van der Waals surface area (Å²) in [5.74, 6) is 0. The molecular formula is C21H27N5O2S. The molecule has 0 radical (unpaired) electrons. The van der Waals surface area contributed by atoms with Crippen LogP contribution >= 0.6 is 0 Å². The van der Waals surface area contributed by atoms with Crippen LogP contribution in [0.1, 0.15) is 38.1 Å². The van der Waals surface area contributed by atoms with E-state index in [-0.39, 0.29) is 6.04 Å². The Kier molecular flexibility index (Phi) is 6.79. The molecule has 0 amide bonds. The second-order valence-corrected chi connectivity index (χ2v) is 8.66. The lowest BCUT2D eigenvalue weighted by Crippen LogP contribution is -2.30. The zero-order chi connectivity index (χ0) is 20.9. The van der Waals surface area contributed by atoms with E-state index in [1.54, 1.807) is 23.1 Å². The number of benzene rings is 2. The van der Waals surface area contributed by atoms with Gasteiger partial charge in [0.05, 0.1) is 22.5 Å². The van der Waals surface area contributed by atoms with Crippen molar-refractivity contribution in [2.45, 2.75) is 38.3 Å². The van der Waals surface area contributed by atoms with Crippen molar-refractivity contribution in [3.8, 4) is 5.69 Å². The van der Waals surface area contributed by atoms with Crippen molar-refractivity contribution in [3.05, 3.63) is 72.1 Å². The Labute approximate surface area is 172 Å². The standard InChI is InChI=1S/C21H27N5O2S/c1-4-25(5-2)29(27,28)21-13-11-18(12-14-21)17(3)22-15-19-16-23-26(24-19)20-9-7-6-8-10-20/h6-14,16-17,22H,4-5,15H2,1-3H3. The second-order valence-electron chi connectivity index (χ2n) is 6.72. The van der Waals surface area contributed by atoms with Gasteiger partial charge >= 0.3 is 0 Å². The maximum Gasteiger partial charge on any atom is 0.243 e. The fourth-order valence-electron chi connectivity index (χ4n) is 3.08. The highest BCUT2D eigenvalue weighted by atomic mass is 32.2. The van der Waals surface area contributed by atoms with Gasteiger partial charge in [-0.25, -0.2) is 8.42 Å². The zero-order valence-corrected chi connectivity index (χ0v) is 17.8. The first-order valence-electron chi connectivity index (χ1n) is 9.75. The van der Waals surface area contributed by atoms with Gasteiger partial charge in [-0.3, -0.25) is 0 Å². The van der Waals surface area contributed by atoms with Gasteiger partial charge in [-0.1, -0.05) is 44.2 Å². The van der Waals surface area contributed by atoms with Gasteiger partial charge < -0.3 is 5.32 Å². The van der Waals surface area contributed by atoms with Crippen LogP contribution in [0.3, 0.4) is 0 Å². The zero-order valence-electron chi connectivity index (χ0n) is 17.0. The normalized spacial score (nSPS) is 13.0. The van der Waals surface area contributed by atoms with E-state index in [0.29, 0.717) is 24.5 Å². The quantitative estimate of drug-likeness (QED) is 0.583. The first kappa shape index (κ1) is 21.2. The molecule has 0 saturated carbocycles. The highest BCUT2D eigenvalue weighted by molar-refractivity contribution is 7.89. The van der Waals surface area contributed by atoms with Crippen LogP contribution in [0.15, 0.2) is 65.7 Å². The Hall–Kier alpha value is -2.55. The average Bonchev–Trinajstić information content (AvgIpc) is 3.22. The van der Waals surface area contributed by atoms with E-state index < -0.39 is 10.0 Å². The summed E-state index contributed by atoms with van der Waals surface area (Å²) in [6.45, 7) is 7.21. The first-order chi connectivity index (χ1) is 14.0. The van der Waals surface area contributed by atoms with Crippen molar-refractivity contribution >= 4 is 10.0 Å². The third-order valence-corrected chi connectivity index (χ3v) is 6.90. The number of para-hydroxylation sites is 1. The maximum atomic E-state index is 12.6. The van der Waals surface area contributed by atoms with Crippen molar-refractivity contribution in [3.63, 3.8) is 0 Å². The van der Waals surface area contributed by atoms with Crippen LogP contribution in [0.2, 0.25) is 0 Å². The van der Waals surface area contributed by atoms with Crippen molar-refractivity contribution in [2.75, 3.05) is 13.1 Å². The van der Waals surface area contributed by atoms with Gasteiger partial charge in [-0.2, -0.15) is 19.3 Å². The maximum absolute atomic E-state index is 12.6. The Morgan fingerprint density at radius 2 is 1.69 bits per heavy atom. The molecule has 1 atom stereocenters. The van der Waals surface area contributed by atoms with Crippen LogP contribution in [0.5, 0.6) is 0 Å². The van der Waals surface area contributed by atoms with E-state index in [2.05, 4.69) is 15.5 Å². The molecule has 0 aliphatic carbocycles. The molecule has 0 aliphatic heterocycles. The van der Waals surface area contributed by atoms with Gasteiger partial charge in [0.25, 0.3) is 0 Å². The molecule has 29 heavy (non-hydrogen) atoms. The lowest BCUT2D eigenvalue weighted by atomic mass is 10.1. The van der Waals surface area contributed by atoms with Gasteiger partial charge in [-0.05, 0) is 36.8 Å². The van der Waals surface area contributed by atoms with Crippen molar-refractivity contribution in [1.29, 1.82) is 0 Å². The van der Waals surface area contributed by atoms with E-state index in [1.165, 1.54) is 4.31 Å². The minimum Gasteiger partial charge on any atom is -0.304 e. The number of hydrogen-bond acceptors (Lipinski definition) is 5. The Morgan fingerprint density at radius 3 is 2.31 bits per heavy atom. The fraction of sp³-hybridized carbons (Fsp3) is 0.333. The molecular weight excluding hydrogens is 386 g/mol. The van der Waals surface area contributed by atoms with Crippen molar-refractivity contribution < 1.29 is 8.42 Å². The first-order valence-corrected chi connectivity index (χ1v) is 11.2. The molecule has 1 unspecified atom stereocenters. The minimum atomic E-state index is -3.43. The third kappa shape index (κ3) is 4.90. The van der Waals surface area contributed by atoms with Crippen molar-refractivity contribution in [1.82, 2.24) is 24.6 Å². The van der Waals surface area contributed by atoms with Gasteiger partial charge in [0, 0.05) is 25.7 Å². The molecule has 2 aromatic carbocycles. The van der Waals surface area contributed by atoms with Gasteiger partial charge in [0.15, 0.2) is 0 Å². The molecule has 1 heterocycles. The Balaban J connectivity index is 1.63.